The number of nitrogens with zero attached hydrogens (tertiary/aromatic N) is 2. The molecule has 3 nitrogen and oxygen atoms in total. The maximum Gasteiger partial charge on any atom is 0.222 e. The molecule has 4 rings (SSSR count). The molecule has 0 bridgehead atoms. The largest absolute Gasteiger partial charge is 0.339 e. The molecule has 4 heteroatoms. The Bertz CT molecular complexity index is 643. The Morgan fingerprint density at radius 3 is 2.83 bits per heavy atom. The molecule has 3 aliphatic rings. The van der Waals surface area contributed by atoms with Crippen molar-refractivity contribution in [1.82, 2.24) is 9.80 Å². The second-order valence-corrected chi connectivity index (χ2v) is 8.16. The van der Waals surface area contributed by atoms with E-state index in [0.29, 0.717) is 24.9 Å². The van der Waals surface area contributed by atoms with Gasteiger partial charge in [-0.25, -0.2) is 4.39 Å². The normalized spacial score (nSPS) is 28.6. The molecule has 1 spiro atoms. The second kappa shape index (κ2) is 6.14. The summed E-state index contributed by atoms with van der Waals surface area (Å²) in [7, 11) is 0. The third-order valence-electron chi connectivity index (χ3n) is 6.03. The summed E-state index contributed by atoms with van der Waals surface area (Å²) in [5.41, 5.74) is 2.00. The number of hydrogen-bond donors (Lipinski definition) is 0. The SMILES string of the molecule is Cc1ccc(CN2CCC[C@@]3(CCC(=O)N(C4CC4)C3)C2)c(F)c1. The number of likely N-dealkylation sites (tertiary alicyclic amines) is 2. The van der Waals surface area contributed by atoms with Crippen LogP contribution in [0.4, 0.5) is 4.39 Å². The summed E-state index contributed by atoms with van der Waals surface area (Å²) >= 11 is 0. The summed E-state index contributed by atoms with van der Waals surface area (Å²) in [5, 5.41) is 0. The predicted molar refractivity (Wildman–Crippen MR) is 92.1 cm³/mol. The van der Waals surface area contributed by atoms with Gasteiger partial charge < -0.3 is 4.90 Å². The summed E-state index contributed by atoms with van der Waals surface area (Å²) in [6.45, 7) is 5.56. The van der Waals surface area contributed by atoms with Crippen LogP contribution in [-0.4, -0.2) is 41.4 Å². The van der Waals surface area contributed by atoms with Crippen molar-refractivity contribution >= 4 is 5.91 Å². The number of carbonyl (C=O) groups is 1. The van der Waals surface area contributed by atoms with E-state index in [1.807, 2.05) is 19.1 Å². The van der Waals surface area contributed by atoms with E-state index in [1.165, 1.54) is 19.3 Å². The van der Waals surface area contributed by atoms with Crippen LogP contribution in [0.1, 0.15) is 49.7 Å². The van der Waals surface area contributed by atoms with E-state index in [-0.39, 0.29) is 11.2 Å². The van der Waals surface area contributed by atoms with Crippen molar-refractivity contribution in [3.63, 3.8) is 0 Å². The summed E-state index contributed by atoms with van der Waals surface area (Å²) in [5.74, 6) is 0.262. The lowest BCUT2D eigenvalue weighted by Crippen LogP contribution is -2.54. The number of benzene rings is 1. The molecular weight excluding hydrogens is 303 g/mol. The molecule has 0 unspecified atom stereocenters. The van der Waals surface area contributed by atoms with Crippen molar-refractivity contribution in [2.75, 3.05) is 19.6 Å². The van der Waals surface area contributed by atoms with Crippen LogP contribution in [0.25, 0.3) is 0 Å². The van der Waals surface area contributed by atoms with E-state index in [2.05, 4.69) is 9.80 Å². The Morgan fingerprint density at radius 2 is 2.08 bits per heavy atom. The molecular formula is C20H27FN2O. The summed E-state index contributed by atoms with van der Waals surface area (Å²) in [6.07, 6.45) is 6.42. The van der Waals surface area contributed by atoms with E-state index in [1.54, 1.807) is 6.07 Å². The van der Waals surface area contributed by atoms with Crippen molar-refractivity contribution in [3.05, 3.63) is 35.1 Å². The lowest BCUT2D eigenvalue weighted by Gasteiger charge is -2.48. The van der Waals surface area contributed by atoms with Gasteiger partial charge in [-0.05, 0) is 57.2 Å². The van der Waals surface area contributed by atoms with Gasteiger partial charge in [0.15, 0.2) is 0 Å². The molecule has 24 heavy (non-hydrogen) atoms. The molecule has 1 aliphatic carbocycles. The van der Waals surface area contributed by atoms with Crippen molar-refractivity contribution < 1.29 is 9.18 Å². The van der Waals surface area contributed by atoms with Gasteiger partial charge in [0.05, 0.1) is 0 Å². The van der Waals surface area contributed by atoms with E-state index in [0.717, 1.165) is 43.6 Å². The fourth-order valence-electron chi connectivity index (χ4n) is 4.56. The molecule has 3 fully saturated rings. The molecule has 2 heterocycles. The first-order chi connectivity index (χ1) is 11.5. The smallest absolute Gasteiger partial charge is 0.222 e. The molecule has 1 atom stereocenters. The van der Waals surface area contributed by atoms with Crippen molar-refractivity contribution in [1.29, 1.82) is 0 Å². The predicted octanol–water partition coefficient (Wildman–Crippen LogP) is 3.50. The van der Waals surface area contributed by atoms with Gasteiger partial charge in [0.2, 0.25) is 5.91 Å². The summed E-state index contributed by atoms with van der Waals surface area (Å²) in [4.78, 5) is 16.8. The van der Waals surface area contributed by atoms with E-state index in [9.17, 15) is 9.18 Å². The highest BCUT2D eigenvalue weighted by Gasteiger charge is 2.45. The number of carbonyl (C=O) groups excluding carboxylic acids is 1. The van der Waals surface area contributed by atoms with Gasteiger partial charge in [-0.2, -0.15) is 0 Å². The zero-order valence-electron chi connectivity index (χ0n) is 14.6. The van der Waals surface area contributed by atoms with Crippen LogP contribution in [0.15, 0.2) is 18.2 Å². The second-order valence-electron chi connectivity index (χ2n) is 8.16. The Balaban J connectivity index is 1.46. The monoisotopic (exact) mass is 330 g/mol. The minimum absolute atomic E-state index is 0.0898. The Kier molecular flexibility index (Phi) is 4.11. The number of rotatable bonds is 3. The van der Waals surface area contributed by atoms with Gasteiger partial charge in [-0.3, -0.25) is 9.69 Å². The minimum atomic E-state index is -0.0898. The fraction of sp³-hybridized carbons (Fsp3) is 0.650. The zero-order valence-corrected chi connectivity index (χ0v) is 14.6. The third-order valence-corrected chi connectivity index (χ3v) is 6.03. The fourth-order valence-corrected chi connectivity index (χ4v) is 4.56. The number of hydrogen-bond acceptors (Lipinski definition) is 2. The first-order valence-corrected chi connectivity index (χ1v) is 9.32. The van der Waals surface area contributed by atoms with Gasteiger partial charge in [0, 0.05) is 43.1 Å². The Labute approximate surface area is 143 Å². The van der Waals surface area contributed by atoms with Crippen molar-refractivity contribution in [2.45, 2.75) is 58.0 Å². The van der Waals surface area contributed by atoms with Gasteiger partial charge in [-0.15, -0.1) is 0 Å². The molecule has 2 aliphatic heterocycles. The summed E-state index contributed by atoms with van der Waals surface area (Å²) in [6, 6.07) is 6.06. The highest BCUT2D eigenvalue weighted by Crippen LogP contribution is 2.42. The minimum Gasteiger partial charge on any atom is -0.339 e. The molecule has 1 aromatic rings. The van der Waals surface area contributed by atoms with Gasteiger partial charge in [0.1, 0.15) is 5.82 Å². The van der Waals surface area contributed by atoms with E-state index < -0.39 is 0 Å². The molecule has 1 amide bonds. The van der Waals surface area contributed by atoms with Crippen molar-refractivity contribution in [2.24, 2.45) is 5.41 Å². The molecule has 130 valence electrons. The van der Waals surface area contributed by atoms with Crippen LogP contribution in [0.5, 0.6) is 0 Å². The molecule has 0 aromatic heterocycles. The highest BCUT2D eigenvalue weighted by atomic mass is 19.1. The maximum atomic E-state index is 14.2. The van der Waals surface area contributed by atoms with Crippen molar-refractivity contribution in [3.8, 4) is 0 Å². The van der Waals surface area contributed by atoms with Crippen LogP contribution >= 0.6 is 0 Å². The average Bonchev–Trinajstić information content (AvgIpc) is 3.38. The lowest BCUT2D eigenvalue weighted by molar-refractivity contribution is -0.140. The summed E-state index contributed by atoms with van der Waals surface area (Å²) < 4.78 is 14.2. The van der Waals surface area contributed by atoms with Crippen LogP contribution in [0, 0.1) is 18.2 Å². The first-order valence-electron chi connectivity index (χ1n) is 9.32. The van der Waals surface area contributed by atoms with Gasteiger partial charge >= 0.3 is 0 Å². The Morgan fingerprint density at radius 1 is 1.25 bits per heavy atom. The van der Waals surface area contributed by atoms with E-state index >= 15 is 0 Å². The van der Waals surface area contributed by atoms with Crippen LogP contribution < -0.4 is 0 Å². The van der Waals surface area contributed by atoms with Crippen LogP contribution in [0.3, 0.4) is 0 Å². The Hall–Kier alpha value is -1.42. The number of piperidine rings is 2. The number of aryl methyl sites for hydroxylation is 1. The molecule has 2 saturated heterocycles. The third kappa shape index (κ3) is 3.21. The van der Waals surface area contributed by atoms with Gasteiger partial charge in [0.25, 0.3) is 0 Å². The molecule has 0 radical (unpaired) electrons. The van der Waals surface area contributed by atoms with Gasteiger partial charge in [-0.1, -0.05) is 12.1 Å². The zero-order chi connectivity index (χ0) is 16.7. The molecule has 0 N–H and O–H groups in total. The maximum absolute atomic E-state index is 14.2. The van der Waals surface area contributed by atoms with E-state index in [4.69, 9.17) is 0 Å². The number of amides is 1. The standard InChI is InChI=1S/C20H27FN2O/c1-15-3-4-16(18(21)11-15)12-22-10-2-8-20(13-22)9-7-19(24)23(14-20)17-5-6-17/h3-4,11,17H,2,5-10,12-14H2,1H3/t20-/m1/s1. The first kappa shape index (κ1) is 16.1. The van der Waals surface area contributed by atoms with Crippen LogP contribution in [0.2, 0.25) is 0 Å². The number of halogens is 1. The quantitative estimate of drug-likeness (QED) is 0.847. The topological polar surface area (TPSA) is 23.6 Å². The molecule has 1 aromatic carbocycles. The molecule has 1 saturated carbocycles. The highest BCUT2D eigenvalue weighted by molar-refractivity contribution is 5.78. The average molecular weight is 330 g/mol. The van der Waals surface area contributed by atoms with Crippen LogP contribution in [-0.2, 0) is 11.3 Å². The lowest BCUT2D eigenvalue weighted by atomic mass is 9.73.